The molecule has 2 aromatic rings. The molecule has 0 bridgehead atoms. The number of hydrogen-bond acceptors (Lipinski definition) is 4. The fourth-order valence-corrected chi connectivity index (χ4v) is 2.78. The molecule has 0 aliphatic heterocycles. The highest BCUT2D eigenvalue weighted by Gasteiger charge is 2.04. The van der Waals surface area contributed by atoms with Crippen LogP contribution in [0.3, 0.4) is 0 Å². The summed E-state index contributed by atoms with van der Waals surface area (Å²) in [4.78, 5) is 21.9. The molecule has 2 aromatic carbocycles. The fourth-order valence-electron chi connectivity index (χ4n) is 2.78. The molecule has 1 N–H and O–H groups in total. The van der Waals surface area contributed by atoms with Gasteiger partial charge in [-0.3, -0.25) is 0 Å². The summed E-state index contributed by atoms with van der Waals surface area (Å²) in [5.41, 5.74) is 0.287. The molecule has 144 valence electrons. The molecule has 0 saturated heterocycles. The lowest BCUT2D eigenvalue weighted by molar-refractivity contribution is -0.137. The summed E-state index contributed by atoms with van der Waals surface area (Å²) in [6.45, 7) is 4.48. The third kappa shape index (κ3) is 7.13. The summed E-state index contributed by atoms with van der Waals surface area (Å²) in [6, 6.07) is 10.8. The van der Waals surface area contributed by atoms with Gasteiger partial charge in [0.1, 0.15) is 5.75 Å². The van der Waals surface area contributed by atoms with Crippen LogP contribution in [0.4, 0.5) is 0 Å². The number of fused-ring (bicyclic) bond motifs is 1. The van der Waals surface area contributed by atoms with Crippen molar-refractivity contribution in [2.24, 2.45) is 0 Å². The molecule has 0 unspecified atom stereocenters. The first-order valence-electron chi connectivity index (χ1n) is 9.29. The van der Waals surface area contributed by atoms with Gasteiger partial charge in [-0.1, -0.05) is 44.4 Å². The number of carbonyl (C=O) groups is 2. The molecule has 0 aliphatic rings. The van der Waals surface area contributed by atoms with Crippen LogP contribution >= 0.6 is 0 Å². The van der Waals surface area contributed by atoms with Gasteiger partial charge in [0.2, 0.25) is 0 Å². The van der Waals surface area contributed by atoms with Crippen LogP contribution in [0.5, 0.6) is 5.75 Å². The Bertz CT molecular complexity index is 781. The molecule has 0 fully saturated rings. The predicted octanol–water partition coefficient (Wildman–Crippen LogP) is 4.99. The van der Waals surface area contributed by atoms with Gasteiger partial charge in [0.05, 0.1) is 18.8 Å². The number of carbonyl (C=O) groups excluding carboxylic acids is 1. The molecule has 5 nitrogen and oxygen atoms in total. The van der Waals surface area contributed by atoms with E-state index < -0.39 is 5.97 Å². The highest BCUT2D eigenvalue weighted by atomic mass is 16.5. The van der Waals surface area contributed by atoms with E-state index in [1.54, 1.807) is 18.2 Å². The van der Waals surface area contributed by atoms with Crippen LogP contribution in [0.25, 0.3) is 10.8 Å². The quantitative estimate of drug-likeness (QED) is 0.324. The average molecular weight is 370 g/mol. The summed E-state index contributed by atoms with van der Waals surface area (Å²) in [6.07, 6.45) is 7.46. The lowest BCUT2D eigenvalue weighted by Gasteiger charge is -2.08. The highest BCUT2D eigenvalue weighted by molar-refractivity contribution is 5.94. The first-order chi connectivity index (χ1) is 13.1. The van der Waals surface area contributed by atoms with E-state index >= 15 is 0 Å². The minimum absolute atomic E-state index is 0.287. The smallest absolute Gasteiger partial charge is 0.335 e. The number of esters is 1. The second kappa shape index (κ2) is 11.0. The van der Waals surface area contributed by atoms with Crippen LogP contribution in [-0.2, 0) is 9.53 Å². The predicted molar refractivity (Wildman–Crippen MR) is 105 cm³/mol. The minimum Gasteiger partial charge on any atom is -0.494 e. The summed E-state index contributed by atoms with van der Waals surface area (Å²) in [5, 5.41) is 10.9. The molecule has 27 heavy (non-hydrogen) atoms. The van der Waals surface area contributed by atoms with E-state index in [4.69, 9.17) is 14.6 Å². The molecule has 2 rings (SSSR count). The van der Waals surface area contributed by atoms with Gasteiger partial charge in [-0.2, -0.15) is 0 Å². The topological polar surface area (TPSA) is 72.8 Å². The number of benzene rings is 2. The van der Waals surface area contributed by atoms with Gasteiger partial charge in [-0.25, -0.2) is 9.59 Å². The molecule has 0 spiro atoms. The molecule has 0 heterocycles. The third-order valence-electron chi connectivity index (χ3n) is 4.28. The van der Waals surface area contributed by atoms with E-state index in [1.807, 2.05) is 18.2 Å². The van der Waals surface area contributed by atoms with Crippen molar-refractivity contribution in [1.29, 1.82) is 0 Å². The molecular weight excluding hydrogens is 344 g/mol. The van der Waals surface area contributed by atoms with Crippen molar-refractivity contribution >= 4 is 22.7 Å². The second-order valence-electron chi connectivity index (χ2n) is 6.37. The van der Waals surface area contributed by atoms with Gasteiger partial charge in [0, 0.05) is 6.08 Å². The first kappa shape index (κ1) is 20.5. The number of aromatic carboxylic acids is 1. The summed E-state index contributed by atoms with van der Waals surface area (Å²) in [7, 11) is 0. The zero-order valence-corrected chi connectivity index (χ0v) is 15.5. The zero-order chi connectivity index (χ0) is 19.5. The lowest BCUT2D eigenvalue weighted by Crippen LogP contribution is -2.01. The Morgan fingerprint density at radius 2 is 1.52 bits per heavy atom. The highest BCUT2D eigenvalue weighted by Crippen LogP contribution is 2.22. The maximum Gasteiger partial charge on any atom is 0.335 e. The van der Waals surface area contributed by atoms with Crippen molar-refractivity contribution in [3.8, 4) is 5.75 Å². The second-order valence-corrected chi connectivity index (χ2v) is 6.37. The Balaban J connectivity index is 1.60. The molecule has 0 saturated carbocycles. The monoisotopic (exact) mass is 370 g/mol. The van der Waals surface area contributed by atoms with E-state index in [9.17, 15) is 9.59 Å². The van der Waals surface area contributed by atoms with E-state index in [0.717, 1.165) is 55.0 Å². The molecular formula is C22H26O5. The Hall–Kier alpha value is -2.82. The normalized spacial score (nSPS) is 10.5. The van der Waals surface area contributed by atoms with Crippen molar-refractivity contribution in [1.82, 2.24) is 0 Å². The molecule has 5 heteroatoms. The van der Waals surface area contributed by atoms with Gasteiger partial charge in [-0.05, 0) is 47.9 Å². The Kier molecular flexibility index (Phi) is 8.36. The maximum atomic E-state index is 11.0. The lowest BCUT2D eigenvalue weighted by atomic mass is 10.1. The Morgan fingerprint density at radius 1 is 0.889 bits per heavy atom. The number of carboxylic acid groups (broad SMARTS) is 1. The molecule has 0 aliphatic carbocycles. The summed E-state index contributed by atoms with van der Waals surface area (Å²) >= 11 is 0. The van der Waals surface area contributed by atoms with Gasteiger partial charge < -0.3 is 14.6 Å². The standard InChI is InChI=1S/C22H26O5/c1-2-21(23)27-14-8-6-4-3-5-7-13-26-20-12-11-17-15-19(22(24)25)10-9-18(17)16-20/h2,9-12,15-16H,1,3-8,13-14H2,(H,24,25). The Morgan fingerprint density at radius 3 is 2.22 bits per heavy atom. The van der Waals surface area contributed by atoms with Gasteiger partial charge in [0.25, 0.3) is 0 Å². The zero-order valence-electron chi connectivity index (χ0n) is 15.5. The minimum atomic E-state index is -0.921. The van der Waals surface area contributed by atoms with E-state index in [-0.39, 0.29) is 11.5 Å². The SMILES string of the molecule is C=CC(=O)OCCCCCCCCOc1ccc2cc(C(=O)O)ccc2c1. The number of carboxylic acids is 1. The molecule has 0 atom stereocenters. The fraction of sp³-hybridized carbons (Fsp3) is 0.364. The maximum absolute atomic E-state index is 11.0. The Labute approximate surface area is 159 Å². The van der Waals surface area contributed by atoms with Crippen molar-refractivity contribution in [2.45, 2.75) is 38.5 Å². The van der Waals surface area contributed by atoms with Crippen molar-refractivity contribution < 1.29 is 24.2 Å². The van der Waals surface area contributed by atoms with Crippen LogP contribution in [0.1, 0.15) is 48.9 Å². The number of ether oxygens (including phenoxy) is 2. The van der Waals surface area contributed by atoms with Gasteiger partial charge >= 0.3 is 11.9 Å². The molecule has 0 amide bonds. The van der Waals surface area contributed by atoms with Crippen LogP contribution in [0, 0.1) is 0 Å². The van der Waals surface area contributed by atoms with Crippen molar-refractivity contribution in [3.63, 3.8) is 0 Å². The molecule has 0 aromatic heterocycles. The summed E-state index contributed by atoms with van der Waals surface area (Å²) in [5.74, 6) is -0.479. The largest absolute Gasteiger partial charge is 0.494 e. The third-order valence-corrected chi connectivity index (χ3v) is 4.28. The number of rotatable bonds is 12. The van der Waals surface area contributed by atoms with Crippen LogP contribution in [-0.4, -0.2) is 30.3 Å². The van der Waals surface area contributed by atoms with Crippen LogP contribution in [0.15, 0.2) is 49.1 Å². The van der Waals surface area contributed by atoms with Crippen molar-refractivity contribution in [3.05, 3.63) is 54.6 Å². The van der Waals surface area contributed by atoms with Crippen molar-refractivity contribution in [2.75, 3.05) is 13.2 Å². The number of unbranched alkanes of at least 4 members (excludes halogenated alkanes) is 5. The first-order valence-corrected chi connectivity index (χ1v) is 9.29. The van der Waals surface area contributed by atoms with Gasteiger partial charge in [0.15, 0.2) is 0 Å². The summed E-state index contributed by atoms with van der Waals surface area (Å²) < 4.78 is 10.7. The number of hydrogen-bond donors (Lipinski definition) is 1. The van der Waals surface area contributed by atoms with E-state index in [2.05, 4.69) is 6.58 Å². The average Bonchev–Trinajstić information content (AvgIpc) is 2.68. The van der Waals surface area contributed by atoms with Crippen LogP contribution < -0.4 is 4.74 Å². The van der Waals surface area contributed by atoms with Gasteiger partial charge in [-0.15, -0.1) is 0 Å². The molecule has 0 radical (unpaired) electrons. The van der Waals surface area contributed by atoms with Crippen LogP contribution in [0.2, 0.25) is 0 Å². The van der Waals surface area contributed by atoms with E-state index in [1.165, 1.54) is 6.08 Å². The van der Waals surface area contributed by atoms with E-state index in [0.29, 0.717) is 13.2 Å².